The van der Waals surface area contributed by atoms with Crippen LogP contribution < -0.4 is 5.73 Å². The van der Waals surface area contributed by atoms with Crippen molar-refractivity contribution in [2.75, 3.05) is 13.2 Å². The van der Waals surface area contributed by atoms with E-state index in [0.29, 0.717) is 12.8 Å². The molecule has 0 aliphatic rings. The largest absolute Gasteiger partial charge is 0.396 e. The summed E-state index contributed by atoms with van der Waals surface area (Å²) in [6, 6.07) is -0.235. The predicted molar refractivity (Wildman–Crippen MR) is 192 cm³/mol. The lowest BCUT2D eigenvalue weighted by molar-refractivity contribution is -0.140. The number of carbonyl (C=O) groups is 2. The molecule has 0 heterocycles. The Morgan fingerprint density at radius 2 is 0.733 bits per heavy atom. The molecular weight excluding hydrogens is 560 g/mol. The van der Waals surface area contributed by atoms with Crippen LogP contribution in [0.1, 0.15) is 213 Å². The average molecular weight is 639 g/mol. The van der Waals surface area contributed by atoms with Crippen molar-refractivity contribution >= 4 is 11.8 Å². The molecule has 0 aromatic heterocycles. The summed E-state index contributed by atoms with van der Waals surface area (Å²) in [6.45, 7) is 4.55. The van der Waals surface area contributed by atoms with E-state index in [4.69, 9.17) is 5.73 Å². The summed E-state index contributed by atoms with van der Waals surface area (Å²) in [5.41, 5.74) is 5.45. The van der Waals surface area contributed by atoms with Crippen LogP contribution in [0.2, 0.25) is 0 Å². The number of amides is 2. The standard InChI is InChI=1S/C39H78N2O4/c1-3-5-7-9-11-13-15-17-19-21-23-25-27-29-36(31-33-42)41(39(45)35-38(40)44)37(32-34-43)30-28-26-24-22-20-18-16-14-12-10-8-6-4-2/h36-37,42-43H,3-35H2,1-2H3,(H2,40,44). The molecule has 0 saturated carbocycles. The highest BCUT2D eigenvalue weighted by atomic mass is 16.3. The zero-order valence-electron chi connectivity index (χ0n) is 30.2. The lowest BCUT2D eigenvalue weighted by Crippen LogP contribution is -2.49. The molecule has 6 heteroatoms. The Morgan fingerprint density at radius 1 is 0.467 bits per heavy atom. The minimum Gasteiger partial charge on any atom is -0.396 e. The van der Waals surface area contributed by atoms with E-state index in [-0.39, 0.29) is 37.6 Å². The van der Waals surface area contributed by atoms with E-state index < -0.39 is 5.91 Å². The molecule has 0 aliphatic heterocycles. The average Bonchev–Trinajstić information content (AvgIpc) is 3.01. The van der Waals surface area contributed by atoms with Gasteiger partial charge in [-0.15, -0.1) is 0 Å². The van der Waals surface area contributed by atoms with Crippen molar-refractivity contribution in [1.82, 2.24) is 4.90 Å². The normalized spacial score (nSPS) is 12.8. The number of aliphatic hydroxyl groups is 2. The number of primary amides is 1. The summed E-state index contributed by atoms with van der Waals surface area (Å²) < 4.78 is 0. The van der Waals surface area contributed by atoms with Crippen LogP contribution in [0.5, 0.6) is 0 Å². The van der Waals surface area contributed by atoms with Crippen molar-refractivity contribution in [3.05, 3.63) is 0 Å². The number of nitrogens with two attached hydrogens (primary N) is 1. The van der Waals surface area contributed by atoms with Crippen molar-refractivity contribution in [2.45, 2.75) is 225 Å². The van der Waals surface area contributed by atoms with Gasteiger partial charge in [-0.25, -0.2) is 0 Å². The van der Waals surface area contributed by atoms with Gasteiger partial charge in [0, 0.05) is 25.3 Å². The second kappa shape index (κ2) is 34.2. The first-order valence-electron chi connectivity index (χ1n) is 19.8. The van der Waals surface area contributed by atoms with Crippen LogP contribution in [-0.2, 0) is 9.59 Å². The van der Waals surface area contributed by atoms with E-state index in [1.54, 1.807) is 0 Å². The Labute approximate surface area is 280 Å². The summed E-state index contributed by atoms with van der Waals surface area (Å²) in [4.78, 5) is 26.9. The number of aliphatic hydroxyl groups excluding tert-OH is 2. The highest BCUT2D eigenvalue weighted by Gasteiger charge is 2.30. The molecule has 0 spiro atoms. The molecule has 0 radical (unpaired) electrons. The van der Waals surface area contributed by atoms with Gasteiger partial charge >= 0.3 is 0 Å². The first-order valence-corrected chi connectivity index (χ1v) is 19.8. The van der Waals surface area contributed by atoms with Crippen LogP contribution in [0.15, 0.2) is 0 Å². The van der Waals surface area contributed by atoms with Gasteiger partial charge in [-0.1, -0.05) is 181 Å². The topological polar surface area (TPSA) is 104 Å². The van der Waals surface area contributed by atoms with Gasteiger partial charge in [-0.3, -0.25) is 9.59 Å². The van der Waals surface area contributed by atoms with Crippen molar-refractivity contribution < 1.29 is 19.8 Å². The van der Waals surface area contributed by atoms with Gasteiger partial charge in [0.2, 0.25) is 11.8 Å². The fraction of sp³-hybridized carbons (Fsp3) is 0.949. The van der Waals surface area contributed by atoms with E-state index >= 15 is 0 Å². The molecule has 4 N–H and O–H groups in total. The van der Waals surface area contributed by atoms with Gasteiger partial charge in [0.1, 0.15) is 6.42 Å². The van der Waals surface area contributed by atoms with E-state index in [0.717, 1.165) is 38.5 Å². The third kappa shape index (κ3) is 27.7. The van der Waals surface area contributed by atoms with E-state index in [1.807, 2.05) is 4.90 Å². The van der Waals surface area contributed by atoms with E-state index in [9.17, 15) is 19.8 Å². The Kier molecular flexibility index (Phi) is 33.3. The second-order valence-corrected chi connectivity index (χ2v) is 13.8. The summed E-state index contributed by atoms with van der Waals surface area (Å²) in [6.07, 6.45) is 35.9. The summed E-state index contributed by atoms with van der Waals surface area (Å²) in [7, 11) is 0. The Morgan fingerprint density at radius 3 is 0.978 bits per heavy atom. The van der Waals surface area contributed by atoms with Gasteiger partial charge in [0.25, 0.3) is 0 Å². The highest BCUT2D eigenvalue weighted by Crippen LogP contribution is 2.24. The van der Waals surface area contributed by atoms with Gasteiger partial charge in [-0.2, -0.15) is 0 Å². The molecule has 268 valence electrons. The van der Waals surface area contributed by atoms with Crippen LogP contribution in [0.3, 0.4) is 0 Å². The minimum absolute atomic E-state index is 0.00798. The molecule has 2 atom stereocenters. The molecule has 0 aromatic carbocycles. The van der Waals surface area contributed by atoms with Crippen molar-refractivity contribution in [3.63, 3.8) is 0 Å². The quantitative estimate of drug-likeness (QED) is 0.0469. The molecule has 2 amide bonds. The van der Waals surface area contributed by atoms with Crippen LogP contribution in [0.4, 0.5) is 0 Å². The molecule has 2 unspecified atom stereocenters. The van der Waals surface area contributed by atoms with Crippen molar-refractivity contribution in [3.8, 4) is 0 Å². The summed E-state index contributed by atoms with van der Waals surface area (Å²) >= 11 is 0. The third-order valence-electron chi connectivity index (χ3n) is 9.61. The Balaban J connectivity index is 4.57. The molecule has 0 rings (SSSR count). The lowest BCUT2D eigenvalue weighted by Gasteiger charge is -2.38. The van der Waals surface area contributed by atoms with Crippen molar-refractivity contribution in [2.24, 2.45) is 5.73 Å². The maximum absolute atomic E-state index is 13.3. The van der Waals surface area contributed by atoms with Gasteiger partial charge in [0.05, 0.1) is 0 Å². The number of hydrogen-bond acceptors (Lipinski definition) is 4. The van der Waals surface area contributed by atoms with Crippen molar-refractivity contribution in [1.29, 1.82) is 0 Å². The lowest BCUT2D eigenvalue weighted by atomic mass is 9.96. The smallest absolute Gasteiger partial charge is 0.232 e. The van der Waals surface area contributed by atoms with E-state index in [2.05, 4.69) is 13.8 Å². The Bertz CT molecular complexity index is 605. The Hall–Kier alpha value is -1.14. The molecule has 0 fully saturated rings. The third-order valence-corrected chi connectivity index (χ3v) is 9.61. The van der Waals surface area contributed by atoms with E-state index in [1.165, 1.54) is 141 Å². The van der Waals surface area contributed by atoms with Gasteiger partial charge in [0.15, 0.2) is 0 Å². The number of unbranched alkanes of at least 4 members (excludes halogenated alkanes) is 24. The fourth-order valence-corrected chi connectivity index (χ4v) is 6.88. The molecule has 6 nitrogen and oxygen atoms in total. The first-order chi connectivity index (χ1) is 22.0. The zero-order valence-corrected chi connectivity index (χ0v) is 30.2. The predicted octanol–water partition coefficient (Wildman–Crippen LogP) is 10.2. The molecule has 0 saturated heterocycles. The van der Waals surface area contributed by atoms with Crippen LogP contribution in [0, 0.1) is 0 Å². The monoisotopic (exact) mass is 639 g/mol. The summed E-state index contributed by atoms with van der Waals surface area (Å²) in [5, 5.41) is 19.8. The SMILES string of the molecule is CCCCCCCCCCCCCCCC(CCO)N(C(=O)CC(N)=O)C(CCO)CCCCCCCCCCCCCCC. The number of nitrogens with zero attached hydrogens (tertiary/aromatic N) is 1. The maximum Gasteiger partial charge on any atom is 0.232 e. The number of hydrogen-bond donors (Lipinski definition) is 3. The number of rotatable bonds is 36. The zero-order chi connectivity index (χ0) is 33.2. The first kappa shape index (κ1) is 43.9. The minimum atomic E-state index is -0.614. The molecule has 45 heavy (non-hydrogen) atoms. The number of carbonyl (C=O) groups excluding carboxylic acids is 2. The molecular formula is C39H78N2O4. The molecule has 0 aromatic rings. The van der Waals surface area contributed by atoms with Gasteiger partial charge in [-0.05, 0) is 25.7 Å². The van der Waals surface area contributed by atoms with Crippen LogP contribution >= 0.6 is 0 Å². The second-order valence-electron chi connectivity index (χ2n) is 13.8. The maximum atomic E-state index is 13.3. The van der Waals surface area contributed by atoms with Crippen LogP contribution in [-0.4, -0.2) is 52.2 Å². The van der Waals surface area contributed by atoms with Crippen LogP contribution in [0.25, 0.3) is 0 Å². The summed E-state index contributed by atoms with van der Waals surface area (Å²) in [5.74, 6) is -0.860. The molecule has 0 bridgehead atoms. The van der Waals surface area contributed by atoms with Gasteiger partial charge < -0.3 is 20.8 Å². The molecule has 0 aliphatic carbocycles. The fourth-order valence-electron chi connectivity index (χ4n) is 6.88. The highest BCUT2D eigenvalue weighted by molar-refractivity contribution is 5.96.